The number of carbonyl (C=O) groups excluding carboxylic acids is 2. The Balaban J connectivity index is 1.38. The van der Waals surface area contributed by atoms with Crippen LogP contribution in [0.4, 0.5) is 5.69 Å². The lowest BCUT2D eigenvalue weighted by Gasteiger charge is -2.13. The molecule has 8 nitrogen and oxygen atoms in total. The van der Waals surface area contributed by atoms with Crippen LogP contribution in [-0.2, 0) is 11.4 Å². The number of hydrazone groups is 1. The highest BCUT2D eigenvalue weighted by Crippen LogP contribution is 2.29. The van der Waals surface area contributed by atoms with E-state index in [1.54, 1.807) is 36.4 Å². The molecule has 9 heteroatoms. The van der Waals surface area contributed by atoms with E-state index in [1.807, 2.05) is 68.4 Å². The first-order valence-corrected chi connectivity index (χ1v) is 13.8. The maximum Gasteiger partial charge on any atom is 0.271 e. The van der Waals surface area contributed by atoms with Gasteiger partial charge in [-0.25, -0.2) is 5.43 Å². The van der Waals surface area contributed by atoms with Crippen molar-refractivity contribution in [3.8, 4) is 17.2 Å². The summed E-state index contributed by atoms with van der Waals surface area (Å²) in [5.74, 6) is 0.723. The van der Waals surface area contributed by atoms with Gasteiger partial charge in [0.15, 0.2) is 18.1 Å². The SMILES string of the molecule is CCOc1cc(C(=O)N/N=C/c2cc(Br)ccc2OCC(=O)Nc2ccccc2C)ccc1OCc1ccccc1. The predicted octanol–water partition coefficient (Wildman–Crippen LogP) is 6.52. The van der Waals surface area contributed by atoms with E-state index < -0.39 is 5.91 Å². The quantitative estimate of drug-likeness (QED) is 0.140. The first-order valence-electron chi connectivity index (χ1n) is 13.0. The third-order valence-electron chi connectivity index (χ3n) is 5.86. The summed E-state index contributed by atoms with van der Waals surface area (Å²) in [7, 11) is 0. The van der Waals surface area contributed by atoms with Crippen LogP contribution in [0.15, 0.2) is 101 Å². The van der Waals surface area contributed by atoms with Gasteiger partial charge in [0.2, 0.25) is 0 Å². The first-order chi connectivity index (χ1) is 19.9. The predicted molar refractivity (Wildman–Crippen MR) is 163 cm³/mol. The average Bonchev–Trinajstić information content (AvgIpc) is 2.98. The van der Waals surface area contributed by atoms with Crippen LogP contribution < -0.4 is 25.0 Å². The Morgan fingerprint density at radius 2 is 1.61 bits per heavy atom. The Morgan fingerprint density at radius 1 is 0.854 bits per heavy atom. The third-order valence-corrected chi connectivity index (χ3v) is 6.36. The van der Waals surface area contributed by atoms with Gasteiger partial charge >= 0.3 is 0 Å². The fraction of sp³-hybridized carbons (Fsp3) is 0.156. The molecule has 2 N–H and O–H groups in total. The standard InChI is InChI=1S/C32H30BrN3O5/c1-3-39-30-18-24(13-15-29(30)40-20-23-10-5-4-6-11-23)32(38)36-34-19-25-17-26(33)14-16-28(25)41-21-31(37)35-27-12-8-7-9-22(27)2/h4-19H,3,20-21H2,1-2H3,(H,35,37)(H,36,38)/b34-19+. The number of nitrogens with one attached hydrogen (secondary N) is 2. The van der Waals surface area contributed by atoms with E-state index in [2.05, 4.69) is 31.8 Å². The topological polar surface area (TPSA) is 98.3 Å². The van der Waals surface area contributed by atoms with Crippen LogP contribution in [-0.4, -0.2) is 31.2 Å². The minimum atomic E-state index is -0.424. The average molecular weight is 617 g/mol. The lowest BCUT2D eigenvalue weighted by Crippen LogP contribution is -2.21. The van der Waals surface area contributed by atoms with Gasteiger partial charge < -0.3 is 19.5 Å². The number of aryl methyl sites for hydroxylation is 1. The van der Waals surface area contributed by atoms with E-state index in [1.165, 1.54) is 6.21 Å². The molecule has 2 amide bonds. The second kappa shape index (κ2) is 14.7. The van der Waals surface area contributed by atoms with E-state index in [0.717, 1.165) is 21.3 Å². The van der Waals surface area contributed by atoms with Gasteiger partial charge in [-0.1, -0.05) is 64.5 Å². The number of rotatable bonds is 12. The van der Waals surface area contributed by atoms with Gasteiger partial charge in [0.1, 0.15) is 12.4 Å². The summed E-state index contributed by atoms with van der Waals surface area (Å²) >= 11 is 3.43. The number of para-hydroxylation sites is 1. The van der Waals surface area contributed by atoms with Crippen LogP contribution in [0.2, 0.25) is 0 Å². The Bertz CT molecular complexity index is 1530. The fourth-order valence-electron chi connectivity index (χ4n) is 3.79. The summed E-state index contributed by atoms with van der Waals surface area (Å²) in [5, 5.41) is 6.94. The molecule has 4 aromatic carbocycles. The monoisotopic (exact) mass is 615 g/mol. The maximum atomic E-state index is 12.8. The molecule has 0 heterocycles. The van der Waals surface area contributed by atoms with Crippen LogP contribution in [0.5, 0.6) is 17.2 Å². The van der Waals surface area contributed by atoms with Gasteiger partial charge in [-0.05, 0) is 67.4 Å². The normalized spacial score (nSPS) is 10.7. The second-order valence-electron chi connectivity index (χ2n) is 8.90. The van der Waals surface area contributed by atoms with Gasteiger partial charge in [-0.15, -0.1) is 0 Å². The molecule has 0 atom stereocenters. The second-order valence-corrected chi connectivity index (χ2v) is 9.82. The number of anilines is 1. The molecule has 210 valence electrons. The fourth-order valence-corrected chi connectivity index (χ4v) is 4.17. The van der Waals surface area contributed by atoms with Crippen LogP contribution in [0.1, 0.15) is 34.0 Å². The zero-order chi connectivity index (χ0) is 29.0. The number of carbonyl (C=O) groups is 2. The molecule has 0 fully saturated rings. The summed E-state index contributed by atoms with van der Waals surface area (Å²) in [4.78, 5) is 25.3. The maximum absolute atomic E-state index is 12.8. The molecule has 0 radical (unpaired) electrons. The van der Waals surface area contributed by atoms with Crippen LogP contribution >= 0.6 is 15.9 Å². The first kappa shape index (κ1) is 29.4. The summed E-state index contributed by atoms with van der Waals surface area (Å²) in [6.07, 6.45) is 1.46. The summed E-state index contributed by atoms with van der Waals surface area (Å²) in [6.45, 7) is 4.38. The van der Waals surface area contributed by atoms with E-state index >= 15 is 0 Å². The van der Waals surface area contributed by atoms with Crippen molar-refractivity contribution >= 4 is 39.6 Å². The van der Waals surface area contributed by atoms with E-state index in [4.69, 9.17) is 14.2 Å². The van der Waals surface area contributed by atoms with Crippen LogP contribution in [0, 0.1) is 6.92 Å². The number of amides is 2. The summed E-state index contributed by atoms with van der Waals surface area (Å²) in [6, 6.07) is 27.6. The number of benzene rings is 4. The lowest BCUT2D eigenvalue weighted by atomic mass is 10.2. The molecule has 0 aliphatic rings. The van der Waals surface area contributed by atoms with Crippen molar-refractivity contribution in [2.75, 3.05) is 18.5 Å². The highest BCUT2D eigenvalue weighted by Gasteiger charge is 2.13. The van der Waals surface area contributed by atoms with Crippen LogP contribution in [0.3, 0.4) is 0 Å². The van der Waals surface area contributed by atoms with Crippen molar-refractivity contribution in [1.82, 2.24) is 5.43 Å². The van der Waals surface area contributed by atoms with Crippen molar-refractivity contribution in [2.45, 2.75) is 20.5 Å². The van der Waals surface area contributed by atoms with Gasteiger partial charge in [0, 0.05) is 21.3 Å². The van der Waals surface area contributed by atoms with Crippen LogP contribution in [0.25, 0.3) is 0 Å². The third kappa shape index (κ3) is 8.68. The zero-order valence-corrected chi connectivity index (χ0v) is 24.3. The van der Waals surface area contributed by atoms with E-state index in [-0.39, 0.29) is 12.5 Å². The number of ether oxygens (including phenoxy) is 3. The Kier molecular flexibility index (Phi) is 10.5. The molecule has 0 spiro atoms. The minimum absolute atomic E-state index is 0.192. The van der Waals surface area contributed by atoms with E-state index in [0.29, 0.717) is 41.6 Å². The molecule has 0 bridgehead atoms. The highest BCUT2D eigenvalue weighted by molar-refractivity contribution is 9.10. The zero-order valence-electron chi connectivity index (χ0n) is 22.7. The molecule has 0 unspecified atom stereocenters. The molecular weight excluding hydrogens is 586 g/mol. The smallest absolute Gasteiger partial charge is 0.271 e. The molecule has 0 saturated heterocycles. The molecule has 4 aromatic rings. The Labute approximate surface area is 247 Å². The highest BCUT2D eigenvalue weighted by atomic mass is 79.9. The van der Waals surface area contributed by atoms with Crippen molar-refractivity contribution in [3.63, 3.8) is 0 Å². The van der Waals surface area contributed by atoms with Crippen molar-refractivity contribution in [2.24, 2.45) is 5.10 Å². The largest absolute Gasteiger partial charge is 0.490 e. The van der Waals surface area contributed by atoms with Crippen molar-refractivity contribution in [1.29, 1.82) is 0 Å². The Hall–Kier alpha value is -4.63. The Morgan fingerprint density at radius 3 is 2.39 bits per heavy atom. The molecule has 41 heavy (non-hydrogen) atoms. The number of hydrogen-bond acceptors (Lipinski definition) is 6. The summed E-state index contributed by atoms with van der Waals surface area (Å²) < 4.78 is 18.2. The van der Waals surface area contributed by atoms with Gasteiger partial charge in [0.05, 0.1) is 12.8 Å². The molecule has 0 aromatic heterocycles. The van der Waals surface area contributed by atoms with E-state index in [9.17, 15) is 9.59 Å². The number of hydrogen-bond donors (Lipinski definition) is 2. The molecule has 4 rings (SSSR count). The van der Waals surface area contributed by atoms with Crippen molar-refractivity contribution < 1.29 is 23.8 Å². The molecular formula is C32H30BrN3O5. The molecule has 0 aliphatic carbocycles. The molecule has 0 saturated carbocycles. The lowest BCUT2D eigenvalue weighted by molar-refractivity contribution is -0.118. The number of nitrogens with zero attached hydrogens (tertiary/aromatic N) is 1. The minimum Gasteiger partial charge on any atom is -0.490 e. The summed E-state index contributed by atoms with van der Waals surface area (Å²) in [5.41, 5.74) is 6.16. The van der Waals surface area contributed by atoms with Gasteiger partial charge in [-0.3, -0.25) is 9.59 Å². The van der Waals surface area contributed by atoms with Gasteiger partial charge in [-0.2, -0.15) is 5.10 Å². The number of halogens is 1. The van der Waals surface area contributed by atoms with Gasteiger partial charge in [0.25, 0.3) is 11.8 Å². The van der Waals surface area contributed by atoms with Crippen molar-refractivity contribution in [3.05, 3.63) is 118 Å². The molecule has 0 aliphatic heterocycles.